The van der Waals surface area contributed by atoms with Gasteiger partial charge in [0.15, 0.2) is 0 Å². The largest absolute Gasteiger partial charge is 0.347 e. The maximum absolute atomic E-state index is 4.35. The van der Waals surface area contributed by atoms with Crippen LogP contribution in [0.4, 0.5) is 0 Å². The molecule has 0 bridgehead atoms. The van der Waals surface area contributed by atoms with Crippen molar-refractivity contribution in [3.8, 4) is 0 Å². The molecule has 3 rings (SSSR count). The van der Waals surface area contributed by atoms with Gasteiger partial charge < -0.3 is 15.6 Å². The number of rotatable bonds is 3. The molecule has 2 aliphatic rings. The molecule has 1 aromatic rings. The highest BCUT2D eigenvalue weighted by Crippen LogP contribution is 2.44. The van der Waals surface area contributed by atoms with E-state index in [4.69, 9.17) is 0 Å². The van der Waals surface area contributed by atoms with E-state index in [1.165, 1.54) is 17.8 Å². The number of nitrogens with one attached hydrogen (secondary N) is 3. The summed E-state index contributed by atoms with van der Waals surface area (Å²) in [5.41, 5.74) is 3.01. The number of fused-ring (bicyclic) bond motifs is 1. The van der Waals surface area contributed by atoms with E-state index in [1.54, 1.807) is 6.33 Å². The molecule has 4 heteroatoms. The summed E-state index contributed by atoms with van der Waals surface area (Å²) in [6.45, 7) is 6.63. The molecule has 3 N–H and O–H groups in total. The number of aromatic nitrogens is 2. The fraction of sp³-hybridized carbons (Fsp3) is 0.750. The Labute approximate surface area is 96.2 Å². The van der Waals surface area contributed by atoms with Gasteiger partial charge in [-0.25, -0.2) is 4.98 Å². The quantitative estimate of drug-likeness (QED) is 0.706. The summed E-state index contributed by atoms with van der Waals surface area (Å²) in [7, 11) is 0. The lowest BCUT2D eigenvalue weighted by molar-refractivity contribution is 0.425. The van der Waals surface area contributed by atoms with Gasteiger partial charge in [0.1, 0.15) is 0 Å². The molecule has 1 aliphatic heterocycles. The van der Waals surface area contributed by atoms with Crippen LogP contribution in [0, 0.1) is 5.41 Å². The molecular weight excluding hydrogens is 200 g/mol. The summed E-state index contributed by atoms with van der Waals surface area (Å²) < 4.78 is 0. The monoisotopic (exact) mass is 220 g/mol. The Kier molecular flexibility index (Phi) is 2.30. The summed E-state index contributed by atoms with van der Waals surface area (Å²) in [6, 6.07) is 1.25. The SMILES string of the molecule is CC1(C)CC1NCC1Cc2nc[nH]c2CN1. The van der Waals surface area contributed by atoms with Gasteiger partial charge in [-0.15, -0.1) is 0 Å². The van der Waals surface area contributed by atoms with Gasteiger partial charge in [-0.05, 0) is 11.8 Å². The number of H-pyrrole nitrogens is 1. The lowest BCUT2D eigenvalue weighted by atomic mass is 10.1. The van der Waals surface area contributed by atoms with Crippen molar-refractivity contribution < 1.29 is 0 Å². The smallest absolute Gasteiger partial charge is 0.0925 e. The number of aromatic amines is 1. The Hall–Kier alpha value is -0.870. The van der Waals surface area contributed by atoms with E-state index >= 15 is 0 Å². The second kappa shape index (κ2) is 3.57. The third kappa shape index (κ3) is 1.87. The zero-order valence-electron chi connectivity index (χ0n) is 10.0. The Morgan fingerprint density at radius 1 is 1.56 bits per heavy atom. The second-order valence-corrected chi connectivity index (χ2v) is 5.76. The van der Waals surface area contributed by atoms with Crippen LogP contribution < -0.4 is 10.6 Å². The maximum atomic E-state index is 4.35. The lowest BCUT2D eigenvalue weighted by Crippen LogP contribution is -2.44. The highest BCUT2D eigenvalue weighted by Gasteiger charge is 2.45. The van der Waals surface area contributed by atoms with Gasteiger partial charge in [-0.2, -0.15) is 0 Å². The maximum Gasteiger partial charge on any atom is 0.0925 e. The van der Waals surface area contributed by atoms with Crippen LogP contribution in [0.5, 0.6) is 0 Å². The van der Waals surface area contributed by atoms with E-state index in [0.717, 1.165) is 25.6 Å². The molecule has 1 fully saturated rings. The number of hydrogen-bond donors (Lipinski definition) is 3. The van der Waals surface area contributed by atoms with Gasteiger partial charge in [-0.1, -0.05) is 13.8 Å². The number of imidazole rings is 1. The van der Waals surface area contributed by atoms with Crippen molar-refractivity contribution in [3.63, 3.8) is 0 Å². The normalized spacial score (nSPS) is 31.1. The molecule has 0 aromatic carbocycles. The van der Waals surface area contributed by atoms with Crippen LogP contribution in [0.2, 0.25) is 0 Å². The summed E-state index contributed by atoms with van der Waals surface area (Å²) >= 11 is 0. The molecule has 1 aromatic heterocycles. The van der Waals surface area contributed by atoms with Crippen molar-refractivity contribution >= 4 is 0 Å². The van der Waals surface area contributed by atoms with Gasteiger partial charge in [-0.3, -0.25) is 0 Å². The first-order chi connectivity index (χ1) is 7.65. The molecule has 0 radical (unpaired) electrons. The van der Waals surface area contributed by atoms with Crippen molar-refractivity contribution in [1.82, 2.24) is 20.6 Å². The Bertz CT molecular complexity index is 382. The van der Waals surface area contributed by atoms with Crippen LogP contribution in [0.1, 0.15) is 31.7 Å². The Morgan fingerprint density at radius 2 is 2.38 bits per heavy atom. The summed E-state index contributed by atoms with van der Waals surface area (Å²) in [5.74, 6) is 0. The van der Waals surface area contributed by atoms with E-state index in [1.807, 2.05) is 0 Å². The van der Waals surface area contributed by atoms with Crippen molar-refractivity contribution in [3.05, 3.63) is 17.7 Å². The minimum absolute atomic E-state index is 0.520. The summed E-state index contributed by atoms with van der Waals surface area (Å²) in [6.07, 6.45) is 4.15. The van der Waals surface area contributed by atoms with Crippen LogP contribution in [0.25, 0.3) is 0 Å². The molecule has 88 valence electrons. The first-order valence-corrected chi connectivity index (χ1v) is 6.13. The molecule has 0 saturated heterocycles. The molecule has 1 aliphatic carbocycles. The first-order valence-electron chi connectivity index (χ1n) is 6.13. The van der Waals surface area contributed by atoms with Crippen molar-refractivity contribution in [2.45, 2.75) is 45.3 Å². The average Bonchev–Trinajstić information content (AvgIpc) is 2.69. The summed E-state index contributed by atoms with van der Waals surface area (Å²) in [5, 5.41) is 7.18. The first kappa shape index (κ1) is 10.3. The highest BCUT2D eigenvalue weighted by atomic mass is 15.1. The van der Waals surface area contributed by atoms with Crippen LogP contribution in [0.3, 0.4) is 0 Å². The molecule has 2 unspecified atom stereocenters. The highest BCUT2D eigenvalue weighted by molar-refractivity contribution is 5.16. The van der Waals surface area contributed by atoms with E-state index < -0.39 is 0 Å². The zero-order valence-corrected chi connectivity index (χ0v) is 10.0. The van der Waals surface area contributed by atoms with E-state index in [0.29, 0.717) is 11.5 Å². The zero-order chi connectivity index (χ0) is 11.2. The van der Waals surface area contributed by atoms with E-state index in [-0.39, 0.29) is 0 Å². The minimum Gasteiger partial charge on any atom is -0.347 e. The molecular formula is C12H20N4. The van der Waals surface area contributed by atoms with Crippen LogP contribution >= 0.6 is 0 Å². The second-order valence-electron chi connectivity index (χ2n) is 5.76. The predicted molar refractivity (Wildman–Crippen MR) is 63.1 cm³/mol. The van der Waals surface area contributed by atoms with Crippen LogP contribution in [0.15, 0.2) is 6.33 Å². The van der Waals surface area contributed by atoms with Gasteiger partial charge in [0.05, 0.1) is 17.7 Å². The molecule has 2 heterocycles. The predicted octanol–water partition coefficient (Wildman–Crippen LogP) is 0.812. The standard InChI is InChI=1S/C12H20N4/c1-12(2)4-11(12)14-5-8-3-9-10(6-13-8)16-7-15-9/h7-8,11,13-14H,3-6H2,1-2H3,(H,15,16). The summed E-state index contributed by atoms with van der Waals surface area (Å²) in [4.78, 5) is 7.53. The number of hydrogen-bond acceptors (Lipinski definition) is 3. The van der Waals surface area contributed by atoms with Crippen molar-refractivity contribution in [2.75, 3.05) is 6.54 Å². The van der Waals surface area contributed by atoms with Gasteiger partial charge in [0, 0.05) is 31.6 Å². The third-order valence-corrected chi connectivity index (χ3v) is 3.94. The van der Waals surface area contributed by atoms with Gasteiger partial charge in [0.25, 0.3) is 0 Å². The molecule has 0 spiro atoms. The molecule has 1 saturated carbocycles. The van der Waals surface area contributed by atoms with E-state index in [2.05, 4.69) is 34.4 Å². The fourth-order valence-corrected chi connectivity index (χ4v) is 2.47. The van der Waals surface area contributed by atoms with Gasteiger partial charge >= 0.3 is 0 Å². The molecule has 2 atom stereocenters. The fourth-order valence-electron chi connectivity index (χ4n) is 2.47. The molecule has 16 heavy (non-hydrogen) atoms. The number of nitrogens with zero attached hydrogens (tertiary/aromatic N) is 1. The third-order valence-electron chi connectivity index (χ3n) is 3.94. The minimum atomic E-state index is 0.520. The van der Waals surface area contributed by atoms with Crippen molar-refractivity contribution in [2.24, 2.45) is 5.41 Å². The molecule has 0 amide bonds. The Balaban J connectivity index is 1.51. The Morgan fingerprint density at radius 3 is 3.12 bits per heavy atom. The van der Waals surface area contributed by atoms with E-state index in [9.17, 15) is 0 Å². The van der Waals surface area contributed by atoms with Gasteiger partial charge in [0.2, 0.25) is 0 Å². The van der Waals surface area contributed by atoms with Crippen molar-refractivity contribution in [1.29, 1.82) is 0 Å². The molecule has 4 nitrogen and oxygen atoms in total. The topological polar surface area (TPSA) is 52.7 Å². The van der Waals surface area contributed by atoms with Crippen LogP contribution in [-0.2, 0) is 13.0 Å². The van der Waals surface area contributed by atoms with Crippen LogP contribution in [-0.4, -0.2) is 28.6 Å². The average molecular weight is 220 g/mol. The lowest BCUT2D eigenvalue weighted by Gasteiger charge is -2.23.